The molecule has 17 heavy (non-hydrogen) atoms. The fourth-order valence-electron chi connectivity index (χ4n) is 2.05. The molecule has 0 amide bonds. The molecule has 98 valence electrons. The van der Waals surface area contributed by atoms with Gasteiger partial charge in [-0.1, -0.05) is 39.3 Å². The fraction of sp³-hybridized carbons (Fsp3) is 0.769. The average molecular weight is 258 g/mol. The van der Waals surface area contributed by atoms with Gasteiger partial charge < -0.3 is 5.32 Å². The van der Waals surface area contributed by atoms with E-state index in [4.69, 9.17) is 11.6 Å². The number of nitrogens with one attached hydrogen (secondary N) is 1. The van der Waals surface area contributed by atoms with E-state index in [0.29, 0.717) is 6.04 Å². The van der Waals surface area contributed by atoms with Gasteiger partial charge in [-0.15, -0.1) is 0 Å². The summed E-state index contributed by atoms with van der Waals surface area (Å²) in [5.41, 5.74) is 1.20. The highest BCUT2D eigenvalue weighted by molar-refractivity contribution is 6.31. The second kappa shape index (κ2) is 5.40. The molecule has 1 aromatic heterocycles. The van der Waals surface area contributed by atoms with Crippen molar-refractivity contribution in [1.82, 2.24) is 15.1 Å². The summed E-state index contributed by atoms with van der Waals surface area (Å²) in [4.78, 5) is 0. The van der Waals surface area contributed by atoms with Crippen LogP contribution >= 0.6 is 11.6 Å². The molecule has 4 heteroatoms. The second-order valence-electron chi connectivity index (χ2n) is 5.77. The largest absolute Gasteiger partial charge is 0.308 e. The van der Waals surface area contributed by atoms with Crippen molar-refractivity contribution in [1.29, 1.82) is 0 Å². The minimum Gasteiger partial charge on any atom is -0.308 e. The van der Waals surface area contributed by atoms with Crippen LogP contribution in [0.1, 0.15) is 59.3 Å². The van der Waals surface area contributed by atoms with Crippen LogP contribution in [0.3, 0.4) is 0 Å². The SMILES string of the molecule is CCNC(c1c(Cl)cnn1C(C)C)C(C)(C)C. The number of nitrogens with zero attached hydrogens (tertiary/aromatic N) is 2. The van der Waals surface area contributed by atoms with Gasteiger partial charge in [0, 0.05) is 6.04 Å². The van der Waals surface area contributed by atoms with Gasteiger partial charge in [-0.05, 0) is 25.8 Å². The lowest BCUT2D eigenvalue weighted by atomic mass is 9.84. The first-order valence-corrected chi connectivity index (χ1v) is 6.63. The fourth-order valence-corrected chi connectivity index (χ4v) is 2.29. The maximum Gasteiger partial charge on any atom is 0.0834 e. The molecule has 0 aliphatic carbocycles. The van der Waals surface area contributed by atoms with Gasteiger partial charge in [-0.3, -0.25) is 4.68 Å². The standard InChI is InChI=1S/C13H24ClN3/c1-7-15-12(13(4,5)6)11-10(14)8-16-17(11)9(2)3/h8-9,12,15H,7H2,1-6H3. The molecule has 3 nitrogen and oxygen atoms in total. The van der Waals surface area contributed by atoms with E-state index < -0.39 is 0 Å². The van der Waals surface area contributed by atoms with Gasteiger partial charge >= 0.3 is 0 Å². The third-order valence-corrected chi connectivity index (χ3v) is 3.12. The topological polar surface area (TPSA) is 29.9 Å². The molecule has 0 aliphatic heterocycles. The van der Waals surface area contributed by atoms with Gasteiger partial charge in [-0.25, -0.2) is 0 Å². The summed E-state index contributed by atoms with van der Waals surface area (Å²) in [6.07, 6.45) is 1.74. The summed E-state index contributed by atoms with van der Waals surface area (Å²) >= 11 is 6.30. The lowest BCUT2D eigenvalue weighted by molar-refractivity contribution is 0.258. The van der Waals surface area contributed by atoms with Crippen LogP contribution in [0.25, 0.3) is 0 Å². The van der Waals surface area contributed by atoms with Crippen molar-refractivity contribution in [2.75, 3.05) is 6.54 Å². The van der Waals surface area contributed by atoms with Crippen LogP contribution in [0.2, 0.25) is 5.02 Å². The Bertz CT molecular complexity index is 363. The molecule has 1 N–H and O–H groups in total. The van der Waals surface area contributed by atoms with Crippen LogP contribution < -0.4 is 5.32 Å². The molecule has 0 saturated heterocycles. The molecule has 1 atom stereocenters. The Morgan fingerprint density at radius 3 is 2.41 bits per heavy atom. The zero-order valence-corrected chi connectivity index (χ0v) is 12.5. The first-order chi connectivity index (χ1) is 7.79. The summed E-state index contributed by atoms with van der Waals surface area (Å²) < 4.78 is 2.01. The molecule has 0 aromatic carbocycles. The number of halogens is 1. The molecule has 0 fully saturated rings. The molecule has 0 bridgehead atoms. The van der Waals surface area contributed by atoms with Gasteiger partial charge in [0.1, 0.15) is 0 Å². The molecular formula is C13H24ClN3. The molecule has 1 rings (SSSR count). The van der Waals surface area contributed by atoms with Crippen molar-refractivity contribution in [2.24, 2.45) is 5.41 Å². The predicted molar refractivity (Wildman–Crippen MR) is 73.5 cm³/mol. The highest BCUT2D eigenvalue weighted by Gasteiger charge is 2.31. The van der Waals surface area contributed by atoms with E-state index in [2.05, 4.69) is 52.0 Å². The minimum absolute atomic E-state index is 0.103. The van der Waals surface area contributed by atoms with Gasteiger partial charge in [-0.2, -0.15) is 5.10 Å². The van der Waals surface area contributed by atoms with E-state index in [0.717, 1.165) is 17.3 Å². The van der Waals surface area contributed by atoms with E-state index >= 15 is 0 Å². The van der Waals surface area contributed by atoms with E-state index in [1.165, 1.54) is 0 Å². The number of hydrogen-bond donors (Lipinski definition) is 1. The molecule has 0 aliphatic rings. The summed E-state index contributed by atoms with van der Waals surface area (Å²) in [5, 5.41) is 8.64. The molecule has 1 aromatic rings. The van der Waals surface area contributed by atoms with Crippen LogP contribution in [-0.4, -0.2) is 16.3 Å². The van der Waals surface area contributed by atoms with Gasteiger partial charge in [0.15, 0.2) is 0 Å². The smallest absolute Gasteiger partial charge is 0.0834 e. The second-order valence-corrected chi connectivity index (χ2v) is 6.18. The van der Waals surface area contributed by atoms with E-state index in [9.17, 15) is 0 Å². The van der Waals surface area contributed by atoms with Crippen molar-refractivity contribution in [3.63, 3.8) is 0 Å². The van der Waals surface area contributed by atoms with E-state index in [1.807, 2.05) is 4.68 Å². The molecule has 1 heterocycles. The summed E-state index contributed by atoms with van der Waals surface area (Å²) in [5.74, 6) is 0. The third kappa shape index (κ3) is 3.23. The van der Waals surface area contributed by atoms with E-state index in [1.54, 1.807) is 6.20 Å². The summed E-state index contributed by atoms with van der Waals surface area (Å²) in [7, 11) is 0. The quantitative estimate of drug-likeness (QED) is 0.889. The maximum atomic E-state index is 6.30. The molecule has 0 spiro atoms. The van der Waals surface area contributed by atoms with Crippen molar-refractivity contribution >= 4 is 11.6 Å². The first kappa shape index (κ1) is 14.5. The summed E-state index contributed by atoms with van der Waals surface area (Å²) in [6, 6.07) is 0.533. The Kier molecular flexibility index (Phi) is 4.62. The third-order valence-electron chi connectivity index (χ3n) is 2.82. The van der Waals surface area contributed by atoms with Crippen LogP contribution in [0, 0.1) is 5.41 Å². The van der Waals surface area contributed by atoms with Crippen LogP contribution in [0.5, 0.6) is 0 Å². The highest BCUT2D eigenvalue weighted by atomic mass is 35.5. The van der Waals surface area contributed by atoms with E-state index in [-0.39, 0.29) is 11.5 Å². The molecular weight excluding hydrogens is 234 g/mol. The number of aromatic nitrogens is 2. The zero-order chi connectivity index (χ0) is 13.2. The lowest BCUT2D eigenvalue weighted by Crippen LogP contribution is -2.34. The number of hydrogen-bond acceptors (Lipinski definition) is 2. The normalized spacial score (nSPS) is 14.4. The molecule has 0 radical (unpaired) electrons. The first-order valence-electron chi connectivity index (χ1n) is 6.25. The Labute approximate surface area is 110 Å². The Morgan fingerprint density at radius 2 is 2.00 bits per heavy atom. The van der Waals surface area contributed by atoms with Crippen molar-refractivity contribution < 1.29 is 0 Å². The van der Waals surface area contributed by atoms with Crippen molar-refractivity contribution in [3.05, 3.63) is 16.9 Å². The highest BCUT2D eigenvalue weighted by Crippen LogP contribution is 2.37. The van der Waals surface area contributed by atoms with Crippen molar-refractivity contribution in [2.45, 2.75) is 53.6 Å². The molecule has 1 unspecified atom stereocenters. The Balaban J connectivity index is 3.22. The van der Waals surface area contributed by atoms with Crippen molar-refractivity contribution in [3.8, 4) is 0 Å². The van der Waals surface area contributed by atoms with Crippen LogP contribution in [0.4, 0.5) is 0 Å². The minimum atomic E-state index is 0.103. The van der Waals surface area contributed by atoms with Crippen LogP contribution in [0.15, 0.2) is 6.20 Å². The van der Waals surface area contributed by atoms with Gasteiger partial charge in [0.05, 0.1) is 23.0 Å². The van der Waals surface area contributed by atoms with Gasteiger partial charge in [0.25, 0.3) is 0 Å². The zero-order valence-electron chi connectivity index (χ0n) is 11.7. The molecule has 0 saturated carbocycles. The lowest BCUT2D eigenvalue weighted by Gasteiger charge is -2.32. The predicted octanol–water partition coefficient (Wildman–Crippen LogP) is 3.81. The van der Waals surface area contributed by atoms with Crippen LogP contribution in [-0.2, 0) is 0 Å². The Hall–Kier alpha value is -0.540. The number of rotatable bonds is 4. The van der Waals surface area contributed by atoms with Gasteiger partial charge in [0.2, 0.25) is 0 Å². The summed E-state index contributed by atoms with van der Waals surface area (Å²) in [6.45, 7) is 13.9. The monoisotopic (exact) mass is 257 g/mol. The Morgan fingerprint density at radius 1 is 1.41 bits per heavy atom. The maximum absolute atomic E-state index is 6.30. The average Bonchev–Trinajstić information content (AvgIpc) is 2.55.